The highest BCUT2D eigenvalue weighted by Gasteiger charge is 2.30. The first-order chi connectivity index (χ1) is 10.2. The molecule has 114 valence electrons. The Balaban J connectivity index is 1.98. The summed E-state index contributed by atoms with van der Waals surface area (Å²) in [7, 11) is 0. The summed E-state index contributed by atoms with van der Waals surface area (Å²) in [6.45, 7) is 3.07. The van der Waals surface area contributed by atoms with E-state index in [1.807, 2.05) is 6.92 Å². The van der Waals surface area contributed by atoms with Crippen LogP contribution in [0.15, 0.2) is 11.0 Å². The van der Waals surface area contributed by atoms with Crippen molar-refractivity contribution in [1.82, 2.24) is 9.78 Å². The van der Waals surface area contributed by atoms with Gasteiger partial charge in [-0.25, -0.2) is 0 Å². The Morgan fingerprint density at radius 2 is 2.24 bits per heavy atom. The first kappa shape index (κ1) is 14.1. The number of hydrogen-bond acceptors (Lipinski definition) is 5. The minimum atomic E-state index is -0.336. The molecule has 1 saturated heterocycles. The molecule has 0 N–H and O–H groups in total. The Morgan fingerprint density at radius 3 is 2.95 bits per heavy atom. The molecule has 3 heterocycles. The van der Waals surface area contributed by atoms with E-state index in [1.165, 1.54) is 10.9 Å². The molecule has 3 rings (SSSR count). The van der Waals surface area contributed by atoms with Crippen LogP contribution in [0.25, 0.3) is 0 Å². The molecule has 0 spiro atoms. The van der Waals surface area contributed by atoms with Crippen LogP contribution < -0.4 is 15.2 Å². The number of anilines is 1. The first-order valence-corrected chi connectivity index (χ1v) is 7.39. The molecule has 2 aliphatic rings. The van der Waals surface area contributed by atoms with E-state index >= 15 is 0 Å². The minimum absolute atomic E-state index is 0.0994. The van der Waals surface area contributed by atoms with Gasteiger partial charge >= 0.3 is 5.56 Å². The summed E-state index contributed by atoms with van der Waals surface area (Å²) in [5.74, 6) is 0.0597. The predicted molar refractivity (Wildman–Crippen MR) is 75.5 cm³/mol. The van der Waals surface area contributed by atoms with Gasteiger partial charge in [0.15, 0.2) is 12.8 Å². The van der Waals surface area contributed by atoms with E-state index in [1.54, 1.807) is 4.90 Å². The summed E-state index contributed by atoms with van der Waals surface area (Å²) in [6, 6.07) is 0. The topological polar surface area (TPSA) is 73.7 Å². The highest BCUT2D eigenvalue weighted by Crippen LogP contribution is 2.29. The van der Waals surface area contributed by atoms with Gasteiger partial charge in [0.1, 0.15) is 5.69 Å². The van der Waals surface area contributed by atoms with Crippen molar-refractivity contribution in [2.24, 2.45) is 0 Å². The van der Waals surface area contributed by atoms with Crippen LogP contribution in [0.4, 0.5) is 5.69 Å². The van der Waals surface area contributed by atoms with Gasteiger partial charge in [0.05, 0.1) is 6.20 Å². The summed E-state index contributed by atoms with van der Waals surface area (Å²) in [5.41, 5.74) is 0.137. The molecule has 0 aromatic carbocycles. The van der Waals surface area contributed by atoms with Crippen molar-refractivity contribution in [3.63, 3.8) is 0 Å². The zero-order valence-corrected chi connectivity index (χ0v) is 12.1. The van der Waals surface area contributed by atoms with E-state index in [2.05, 4.69) is 5.10 Å². The number of rotatable bonds is 3. The van der Waals surface area contributed by atoms with Crippen LogP contribution in [0.1, 0.15) is 38.8 Å². The van der Waals surface area contributed by atoms with E-state index < -0.39 is 0 Å². The van der Waals surface area contributed by atoms with Crippen LogP contribution in [0, 0.1) is 0 Å². The molecular weight excluding hydrogens is 274 g/mol. The van der Waals surface area contributed by atoms with Gasteiger partial charge in [0, 0.05) is 13.2 Å². The second kappa shape index (κ2) is 5.85. The van der Waals surface area contributed by atoms with Gasteiger partial charge in [0.25, 0.3) is 5.91 Å². The SMILES string of the molecule is CCCN1C(=O)COc2c1cnn(C1CCCCO1)c2=O. The smallest absolute Gasteiger partial charge is 0.313 e. The fourth-order valence-corrected chi connectivity index (χ4v) is 2.71. The lowest BCUT2D eigenvalue weighted by atomic mass is 10.2. The second-order valence-electron chi connectivity index (χ2n) is 5.26. The standard InChI is InChI=1S/C14H19N3O4/c1-2-6-16-10-8-15-17(12-5-3-4-7-20-12)14(19)13(10)21-9-11(16)18/h8,12H,2-7,9H2,1H3. The summed E-state index contributed by atoms with van der Waals surface area (Å²) in [5, 5.41) is 4.19. The lowest BCUT2D eigenvalue weighted by molar-refractivity contribution is -0.121. The van der Waals surface area contributed by atoms with Crippen LogP contribution in [-0.4, -0.2) is 35.4 Å². The quantitative estimate of drug-likeness (QED) is 0.833. The highest BCUT2D eigenvalue weighted by atomic mass is 16.5. The maximum Gasteiger partial charge on any atom is 0.313 e. The van der Waals surface area contributed by atoms with Crippen molar-refractivity contribution < 1.29 is 14.3 Å². The molecule has 21 heavy (non-hydrogen) atoms. The number of carbonyl (C=O) groups is 1. The summed E-state index contributed by atoms with van der Waals surface area (Å²) in [6.07, 6.45) is 4.78. The zero-order chi connectivity index (χ0) is 14.8. The van der Waals surface area contributed by atoms with E-state index in [0.717, 1.165) is 25.7 Å². The predicted octanol–water partition coefficient (Wildman–Crippen LogP) is 1.08. The molecule has 1 aromatic heterocycles. The Kier molecular flexibility index (Phi) is 3.92. The largest absolute Gasteiger partial charge is 0.476 e. The minimum Gasteiger partial charge on any atom is -0.476 e. The summed E-state index contributed by atoms with van der Waals surface area (Å²) < 4.78 is 12.3. The Labute approximate surface area is 122 Å². The lowest BCUT2D eigenvalue weighted by Gasteiger charge is -2.30. The van der Waals surface area contributed by atoms with E-state index in [0.29, 0.717) is 18.8 Å². The summed E-state index contributed by atoms with van der Waals surface area (Å²) >= 11 is 0. The number of carbonyl (C=O) groups excluding carboxylic acids is 1. The third-order valence-electron chi connectivity index (χ3n) is 3.75. The van der Waals surface area contributed by atoms with Crippen molar-refractivity contribution in [2.45, 2.75) is 38.8 Å². The fourth-order valence-electron chi connectivity index (χ4n) is 2.71. The van der Waals surface area contributed by atoms with Gasteiger partial charge in [-0.1, -0.05) is 6.92 Å². The van der Waals surface area contributed by atoms with E-state index in [9.17, 15) is 9.59 Å². The molecular formula is C14H19N3O4. The van der Waals surface area contributed by atoms with Crippen LogP contribution in [0.5, 0.6) is 5.75 Å². The maximum atomic E-state index is 12.5. The fraction of sp³-hybridized carbons (Fsp3) is 0.643. The van der Waals surface area contributed by atoms with Gasteiger partial charge in [-0.05, 0) is 25.7 Å². The van der Waals surface area contributed by atoms with Crippen LogP contribution in [-0.2, 0) is 9.53 Å². The summed E-state index contributed by atoms with van der Waals surface area (Å²) in [4.78, 5) is 26.0. The van der Waals surface area contributed by atoms with Gasteiger partial charge in [0.2, 0.25) is 5.75 Å². The molecule has 0 radical (unpaired) electrons. The number of nitrogens with zero attached hydrogens (tertiary/aromatic N) is 3. The molecule has 1 atom stereocenters. The molecule has 1 fully saturated rings. The van der Waals surface area contributed by atoms with Crippen LogP contribution in [0.2, 0.25) is 0 Å². The van der Waals surface area contributed by atoms with Gasteiger partial charge in [-0.15, -0.1) is 0 Å². The van der Waals surface area contributed by atoms with Crippen molar-refractivity contribution in [1.29, 1.82) is 0 Å². The number of fused-ring (bicyclic) bond motifs is 1. The molecule has 0 aliphatic carbocycles. The van der Waals surface area contributed by atoms with Gasteiger partial charge < -0.3 is 14.4 Å². The molecule has 2 aliphatic heterocycles. The highest BCUT2D eigenvalue weighted by molar-refractivity contribution is 5.97. The average molecular weight is 293 g/mol. The first-order valence-electron chi connectivity index (χ1n) is 7.39. The number of hydrogen-bond donors (Lipinski definition) is 0. The van der Waals surface area contributed by atoms with Crippen LogP contribution >= 0.6 is 0 Å². The van der Waals surface area contributed by atoms with Crippen LogP contribution in [0.3, 0.4) is 0 Å². The average Bonchev–Trinajstić information content (AvgIpc) is 2.51. The third-order valence-corrected chi connectivity index (χ3v) is 3.75. The Hall–Kier alpha value is -1.89. The van der Waals surface area contributed by atoms with E-state index in [4.69, 9.17) is 9.47 Å². The second-order valence-corrected chi connectivity index (χ2v) is 5.26. The normalized spacial score (nSPS) is 21.9. The Morgan fingerprint density at radius 1 is 1.38 bits per heavy atom. The number of ether oxygens (including phenoxy) is 2. The molecule has 7 nitrogen and oxygen atoms in total. The maximum absolute atomic E-state index is 12.5. The number of amides is 1. The van der Waals surface area contributed by atoms with Gasteiger partial charge in [-0.2, -0.15) is 9.78 Å². The number of aromatic nitrogens is 2. The lowest BCUT2D eigenvalue weighted by Crippen LogP contribution is -2.43. The molecule has 1 aromatic rings. The monoisotopic (exact) mass is 293 g/mol. The van der Waals surface area contributed by atoms with Crippen molar-refractivity contribution in [3.05, 3.63) is 16.6 Å². The zero-order valence-electron chi connectivity index (χ0n) is 12.1. The van der Waals surface area contributed by atoms with Gasteiger partial charge in [-0.3, -0.25) is 9.59 Å². The molecule has 1 unspecified atom stereocenters. The van der Waals surface area contributed by atoms with Crippen molar-refractivity contribution in [2.75, 3.05) is 24.7 Å². The Bertz CT molecular complexity index is 592. The van der Waals surface area contributed by atoms with E-state index in [-0.39, 0.29) is 30.1 Å². The van der Waals surface area contributed by atoms with Crippen molar-refractivity contribution >= 4 is 11.6 Å². The third kappa shape index (κ3) is 2.53. The molecule has 1 amide bonds. The molecule has 0 saturated carbocycles. The molecule has 7 heteroatoms. The van der Waals surface area contributed by atoms with Crippen molar-refractivity contribution in [3.8, 4) is 5.75 Å². The molecule has 0 bridgehead atoms.